The highest BCUT2D eigenvalue weighted by Crippen LogP contribution is 2.76. The van der Waals surface area contributed by atoms with Crippen molar-refractivity contribution in [1.29, 1.82) is 0 Å². The minimum atomic E-state index is -1.09. The van der Waals surface area contributed by atoms with E-state index in [2.05, 4.69) is 29.8 Å². The van der Waals surface area contributed by atoms with Gasteiger partial charge in [0, 0.05) is 10.8 Å². The summed E-state index contributed by atoms with van der Waals surface area (Å²) in [5.74, 6) is -0.632. The van der Waals surface area contributed by atoms with Crippen LogP contribution in [-0.4, -0.2) is 23.0 Å². The lowest BCUT2D eigenvalue weighted by molar-refractivity contribution is -0.331. The highest BCUT2D eigenvalue weighted by Gasteiger charge is 2.80. The van der Waals surface area contributed by atoms with Crippen molar-refractivity contribution in [2.75, 3.05) is 6.61 Å². The fourth-order valence-corrected chi connectivity index (χ4v) is 5.96. The zero-order valence-corrected chi connectivity index (χ0v) is 10.5. The van der Waals surface area contributed by atoms with Gasteiger partial charge in [0.1, 0.15) is 5.60 Å². The first-order chi connectivity index (χ1) is 6.90. The largest absolute Gasteiger partial charge is 0.547 e. The van der Waals surface area contributed by atoms with Crippen LogP contribution >= 0.6 is 15.9 Å². The molecule has 15 heavy (non-hydrogen) atoms. The summed E-state index contributed by atoms with van der Waals surface area (Å²) in [6.45, 7) is 4.78. The van der Waals surface area contributed by atoms with Crippen molar-refractivity contribution < 1.29 is 14.6 Å². The molecule has 3 rings (SSSR count). The van der Waals surface area contributed by atoms with Gasteiger partial charge >= 0.3 is 0 Å². The molecule has 1 aliphatic heterocycles. The van der Waals surface area contributed by atoms with Crippen molar-refractivity contribution in [3.05, 3.63) is 0 Å². The van der Waals surface area contributed by atoms with Crippen molar-refractivity contribution in [2.24, 2.45) is 16.7 Å². The number of halogens is 1. The highest BCUT2D eigenvalue weighted by molar-refractivity contribution is 9.09. The molecule has 2 aliphatic carbocycles. The van der Waals surface area contributed by atoms with Gasteiger partial charge in [-0.3, -0.25) is 0 Å². The van der Waals surface area contributed by atoms with Crippen LogP contribution in [0.1, 0.15) is 26.7 Å². The molecule has 4 heteroatoms. The fraction of sp³-hybridized carbons (Fsp3) is 0.909. The molecule has 1 saturated heterocycles. The Hall–Kier alpha value is -0.0900. The van der Waals surface area contributed by atoms with Crippen molar-refractivity contribution in [1.82, 2.24) is 0 Å². The van der Waals surface area contributed by atoms with Crippen molar-refractivity contribution in [3.63, 3.8) is 0 Å². The van der Waals surface area contributed by atoms with Crippen LogP contribution in [0.5, 0.6) is 0 Å². The summed E-state index contributed by atoms with van der Waals surface area (Å²) < 4.78 is 5.64. The van der Waals surface area contributed by atoms with Gasteiger partial charge in [0.05, 0.1) is 17.4 Å². The van der Waals surface area contributed by atoms with Gasteiger partial charge in [-0.1, -0.05) is 29.8 Å². The Morgan fingerprint density at radius 2 is 2.20 bits per heavy atom. The fourth-order valence-electron chi connectivity index (χ4n) is 4.29. The predicted molar refractivity (Wildman–Crippen MR) is 55.3 cm³/mol. The maximum absolute atomic E-state index is 11.5. The van der Waals surface area contributed by atoms with Gasteiger partial charge in [-0.15, -0.1) is 0 Å². The third kappa shape index (κ3) is 0.705. The van der Waals surface area contributed by atoms with Crippen LogP contribution in [0, 0.1) is 16.7 Å². The molecule has 0 radical (unpaired) electrons. The number of hydrogen-bond acceptors (Lipinski definition) is 3. The Morgan fingerprint density at radius 1 is 1.53 bits per heavy atom. The van der Waals surface area contributed by atoms with E-state index in [4.69, 9.17) is 4.74 Å². The first-order valence-corrected chi connectivity index (χ1v) is 6.31. The maximum atomic E-state index is 11.5. The molecule has 0 amide bonds. The van der Waals surface area contributed by atoms with Crippen LogP contribution in [0.4, 0.5) is 0 Å². The Morgan fingerprint density at radius 3 is 2.60 bits per heavy atom. The Balaban J connectivity index is 2.23. The highest BCUT2D eigenvalue weighted by atomic mass is 79.9. The van der Waals surface area contributed by atoms with E-state index in [-0.39, 0.29) is 15.7 Å². The van der Waals surface area contributed by atoms with E-state index in [1.54, 1.807) is 0 Å². The van der Waals surface area contributed by atoms with Gasteiger partial charge in [0.15, 0.2) is 0 Å². The normalized spacial score (nSPS) is 61.3. The van der Waals surface area contributed by atoms with Crippen LogP contribution in [0.2, 0.25) is 0 Å². The molecular weight excluding hydrogens is 260 g/mol. The number of rotatable bonds is 1. The van der Waals surface area contributed by atoms with Crippen LogP contribution in [0.15, 0.2) is 0 Å². The lowest BCUT2D eigenvalue weighted by Crippen LogP contribution is -2.61. The average molecular weight is 274 g/mol. The smallest absolute Gasteiger partial charge is 0.126 e. The second-order valence-electron chi connectivity index (χ2n) is 5.61. The van der Waals surface area contributed by atoms with E-state index in [0.29, 0.717) is 12.5 Å². The lowest BCUT2D eigenvalue weighted by Gasteiger charge is -2.45. The predicted octanol–water partition coefficient (Wildman–Crippen LogP) is 0.705. The zero-order valence-electron chi connectivity index (χ0n) is 8.88. The number of carboxylic acids is 1. The van der Waals surface area contributed by atoms with Crippen LogP contribution in [0.25, 0.3) is 0 Å². The Kier molecular flexibility index (Phi) is 1.63. The molecule has 0 N–H and O–H groups in total. The van der Waals surface area contributed by atoms with Gasteiger partial charge < -0.3 is 14.6 Å². The first kappa shape index (κ1) is 10.1. The summed E-state index contributed by atoms with van der Waals surface area (Å²) in [4.78, 5) is 11.4. The van der Waals surface area contributed by atoms with Crippen molar-refractivity contribution in [3.8, 4) is 0 Å². The van der Waals surface area contributed by atoms with Gasteiger partial charge in [-0.2, -0.15) is 0 Å². The van der Waals surface area contributed by atoms with Gasteiger partial charge in [-0.25, -0.2) is 0 Å². The number of aliphatic carboxylic acids is 1. The summed E-state index contributed by atoms with van der Waals surface area (Å²) in [5.41, 5.74) is -1.36. The monoisotopic (exact) mass is 273 g/mol. The molecule has 0 aromatic heterocycles. The number of alkyl halides is 1. The number of hydrogen-bond donors (Lipinski definition) is 0. The third-order valence-corrected chi connectivity index (χ3v) is 6.78. The zero-order chi connectivity index (χ0) is 11.1. The minimum Gasteiger partial charge on any atom is -0.547 e. The summed E-state index contributed by atoms with van der Waals surface area (Å²) >= 11 is 3.53. The summed E-state index contributed by atoms with van der Waals surface area (Å²) in [6, 6.07) is 0. The molecule has 0 spiro atoms. The average Bonchev–Trinajstić information content (AvgIpc) is 2.57. The summed E-state index contributed by atoms with van der Waals surface area (Å²) in [6.07, 6.45) is 2.03. The first-order valence-electron chi connectivity index (χ1n) is 5.40. The molecule has 4 bridgehead atoms. The van der Waals surface area contributed by atoms with E-state index in [9.17, 15) is 9.90 Å². The Bertz CT molecular complexity index is 358. The minimum absolute atomic E-state index is 0.00123. The van der Waals surface area contributed by atoms with Crippen LogP contribution in [0.3, 0.4) is 0 Å². The number of carboxylic acid groups (broad SMARTS) is 1. The lowest BCUT2D eigenvalue weighted by atomic mass is 9.66. The Labute approximate surface area is 97.3 Å². The second-order valence-corrected chi connectivity index (χ2v) is 6.59. The topological polar surface area (TPSA) is 49.4 Å². The summed E-state index contributed by atoms with van der Waals surface area (Å²) in [7, 11) is 0. The van der Waals surface area contributed by atoms with Crippen molar-refractivity contribution in [2.45, 2.75) is 37.1 Å². The van der Waals surface area contributed by atoms with Gasteiger partial charge in [0.2, 0.25) is 0 Å². The molecule has 0 unspecified atom stereocenters. The molecule has 1 heterocycles. The van der Waals surface area contributed by atoms with E-state index in [1.165, 1.54) is 0 Å². The van der Waals surface area contributed by atoms with Gasteiger partial charge in [-0.05, 0) is 18.8 Å². The number of ether oxygens (including phenoxy) is 1. The SMILES string of the molecule is C[C@]12CC[C@@H]3[C@@H](Br)[C@@]1(C(=O)[O-])OC[C@@]32C. The van der Waals surface area contributed by atoms with Crippen molar-refractivity contribution >= 4 is 21.9 Å². The van der Waals surface area contributed by atoms with E-state index in [0.717, 1.165) is 12.8 Å². The quantitative estimate of drug-likeness (QED) is 0.661. The molecule has 3 fully saturated rings. The van der Waals surface area contributed by atoms with E-state index in [1.807, 2.05) is 0 Å². The number of carbonyl (C=O) groups is 1. The second kappa shape index (κ2) is 2.43. The molecule has 84 valence electrons. The van der Waals surface area contributed by atoms with Crippen LogP contribution < -0.4 is 5.11 Å². The third-order valence-electron chi connectivity index (χ3n) is 5.50. The maximum Gasteiger partial charge on any atom is 0.126 e. The molecule has 0 aromatic rings. The van der Waals surface area contributed by atoms with Gasteiger partial charge in [0.25, 0.3) is 0 Å². The van der Waals surface area contributed by atoms with E-state index >= 15 is 0 Å². The van der Waals surface area contributed by atoms with E-state index < -0.39 is 11.6 Å². The van der Waals surface area contributed by atoms with Crippen LogP contribution in [-0.2, 0) is 9.53 Å². The molecule has 3 nitrogen and oxygen atoms in total. The molecule has 2 saturated carbocycles. The molecule has 0 aromatic carbocycles. The standard InChI is InChI=1S/C11H15BrO3/c1-9-5-15-11(8(13)14)7(12)6(9)3-4-10(9,11)2/h6-7H,3-5H2,1-2H3,(H,13,14)/p-1/t6-,7-,9+,10-,11+/m1/s1. The molecular formula is C11H14BrO3-. The number of carbonyl (C=O) groups excluding carboxylic acids is 1. The summed E-state index contributed by atoms with van der Waals surface area (Å²) in [5, 5.41) is 11.5. The molecule has 5 atom stereocenters. The molecule has 3 aliphatic rings.